The molecule has 0 amide bonds. The molecule has 0 bridgehead atoms. The molecule has 1 aromatic rings. The average Bonchev–Trinajstić information content (AvgIpc) is 2.56. The molecule has 1 heterocycles. The summed E-state index contributed by atoms with van der Waals surface area (Å²) in [6.07, 6.45) is 4.08. The van der Waals surface area contributed by atoms with Crippen molar-refractivity contribution in [3.63, 3.8) is 0 Å². The molecule has 1 aliphatic heterocycles. The number of hydrogen-bond donors (Lipinski definition) is 1. The first kappa shape index (κ1) is 19.1. The lowest BCUT2D eigenvalue weighted by Crippen LogP contribution is -2.53. The first-order valence-corrected chi connectivity index (χ1v) is 9.59. The van der Waals surface area contributed by atoms with Crippen LogP contribution in [-0.4, -0.2) is 52.7 Å². The molecule has 0 aromatic heterocycles. The van der Waals surface area contributed by atoms with E-state index >= 15 is 0 Å². The number of carbonyl (C=O) groups is 1. The first-order chi connectivity index (χ1) is 11.4. The van der Waals surface area contributed by atoms with Crippen LogP contribution < -0.4 is 4.74 Å². The van der Waals surface area contributed by atoms with Gasteiger partial charge >= 0.3 is 5.97 Å². The number of nitrogens with zero attached hydrogens (tertiary/aromatic N) is 1. The van der Waals surface area contributed by atoms with E-state index in [0.29, 0.717) is 42.5 Å². The van der Waals surface area contributed by atoms with E-state index in [1.54, 1.807) is 6.92 Å². The fourth-order valence-electron chi connectivity index (χ4n) is 2.92. The van der Waals surface area contributed by atoms with Crippen LogP contribution in [0.2, 0.25) is 0 Å². The van der Waals surface area contributed by atoms with E-state index in [-0.39, 0.29) is 5.82 Å². The predicted molar refractivity (Wildman–Crippen MR) is 95.4 cm³/mol. The van der Waals surface area contributed by atoms with Gasteiger partial charge in [0.25, 0.3) is 0 Å². The predicted octanol–water partition coefficient (Wildman–Crippen LogP) is 3.57. The summed E-state index contributed by atoms with van der Waals surface area (Å²) in [5.41, 5.74) is -0.601. The van der Waals surface area contributed by atoms with Crippen LogP contribution in [0.15, 0.2) is 18.2 Å². The standard InChI is InChI=1S/C18H26FNO3S/c1-13-12-15(19)4-5-16(13)23-18(17(21)22)7-10-20(11-8-18)9-6-14(2)24-3/h4-5,12,14H,6-11H2,1-3H3,(H,21,22). The molecule has 1 atom stereocenters. The highest BCUT2D eigenvalue weighted by atomic mass is 32.2. The number of ether oxygens (including phenoxy) is 1. The minimum atomic E-state index is -1.22. The summed E-state index contributed by atoms with van der Waals surface area (Å²) in [6, 6.07) is 4.18. The van der Waals surface area contributed by atoms with Crippen LogP contribution in [0, 0.1) is 12.7 Å². The van der Waals surface area contributed by atoms with Gasteiger partial charge in [0.1, 0.15) is 11.6 Å². The number of carboxylic acid groups (broad SMARTS) is 1. The Bertz CT molecular complexity index is 573. The van der Waals surface area contributed by atoms with E-state index in [4.69, 9.17) is 4.74 Å². The Morgan fingerprint density at radius 1 is 1.46 bits per heavy atom. The van der Waals surface area contributed by atoms with Gasteiger partial charge in [-0.1, -0.05) is 6.92 Å². The summed E-state index contributed by atoms with van der Waals surface area (Å²) in [4.78, 5) is 14.2. The molecule has 0 saturated carbocycles. The Kier molecular flexibility index (Phi) is 6.52. The highest BCUT2D eigenvalue weighted by Crippen LogP contribution is 2.31. The van der Waals surface area contributed by atoms with Crippen molar-refractivity contribution in [2.75, 3.05) is 25.9 Å². The zero-order valence-electron chi connectivity index (χ0n) is 14.5. The smallest absolute Gasteiger partial charge is 0.348 e. The maximum absolute atomic E-state index is 13.2. The minimum absolute atomic E-state index is 0.345. The monoisotopic (exact) mass is 355 g/mol. The molecule has 1 aliphatic rings. The van der Waals surface area contributed by atoms with Crippen molar-refractivity contribution in [2.45, 2.75) is 44.0 Å². The number of likely N-dealkylation sites (tertiary alicyclic amines) is 1. The molecule has 0 spiro atoms. The summed E-state index contributed by atoms with van der Waals surface area (Å²) in [5.74, 6) is -0.839. The fraction of sp³-hybridized carbons (Fsp3) is 0.611. The number of aliphatic carboxylic acids is 1. The topological polar surface area (TPSA) is 49.8 Å². The van der Waals surface area contributed by atoms with Gasteiger partial charge in [-0.05, 0) is 49.9 Å². The summed E-state index contributed by atoms with van der Waals surface area (Å²) >= 11 is 1.85. The molecule has 4 nitrogen and oxygen atoms in total. The van der Waals surface area contributed by atoms with Gasteiger partial charge in [0.05, 0.1) is 0 Å². The molecular weight excluding hydrogens is 329 g/mol. The van der Waals surface area contributed by atoms with Crippen molar-refractivity contribution in [2.24, 2.45) is 0 Å². The molecule has 1 aromatic carbocycles. The molecule has 2 rings (SSSR count). The summed E-state index contributed by atoms with van der Waals surface area (Å²) in [6.45, 7) is 6.32. The third kappa shape index (κ3) is 4.63. The number of aryl methyl sites for hydroxylation is 1. The second-order valence-electron chi connectivity index (χ2n) is 6.49. The second kappa shape index (κ2) is 8.21. The molecule has 24 heavy (non-hydrogen) atoms. The van der Waals surface area contributed by atoms with Gasteiger partial charge in [-0.15, -0.1) is 0 Å². The number of rotatable bonds is 7. The summed E-state index contributed by atoms with van der Waals surface area (Å²) in [7, 11) is 0. The first-order valence-electron chi connectivity index (χ1n) is 8.30. The summed E-state index contributed by atoms with van der Waals surface area (Å²) < 4.78 is 19.1. The van der Waals surface area contributed by atoms with Gasteiger partial charge in [0, 0.05) is 31.2 Å². The summed E-state index contributed by atoms with van der Waals surface area (Å²) in [5, 5.41) is 10.3. The molecule has 134 valence electrons. The number of benzene rings is 1. The number of thioether (sulfide) groups is 1. The Hall–Kier alpha value is -1.27. The maximum atomic E-state index is 13.2. The zero-order valence-corrected chi connectivity index (χ0v) is 15.4. The van der Waals surface area contributed by atoms with Crippen molar-refractivity contribution < 1.29 is 19.0 Å². The van der Waals surface area contributed by atoms with Crippen LogP contribution in [-0.2, 0) is 4.79 Å². The lowest BCUT2D eigenvalue weighted by molar-refractivity contribution is -0.159. The van der Waals surface area contributed by atoms with Crippen molar-refractivity contribution in [3.05, 3.63) is 29.6 Å². The minimum Gasteiger partial charge on any atom is -0.478 e. The quantitative estimate of drug-likeness (QED) is 0.810. The van der Waals surface area contributed by atoms with Gasteiger partial charge in [-0.3, -0.25) is 0 Å². The van der Waals surface area contributed by atoms with Gasteiger partial charge in [-0.2, -0.15) is 11.8 Å². The van der Waals surface area contributed by atoms with Crippen molar-refractivity contribution in [1.29, 1.82) is 0 Å². The van der Waals surface area contributed by atoms with Crippen LogP contribution in [0.5, 0.6) is 5.75 Å². The molecule has 1 N–H and O–H groups in total. The van der Waals surface area contributed by atoms with Crippen LogP contribution in [0.1, 0.15) is 31.7 Å². The van der Waals surface area contributed by atoms with E-state index in [1.807, 2.05) is 11.8 Å². The average molecular weight is 355 g/mol. The van der Waals surface area contributed by atoms with Crippen molar-refractivity contribution in [1.82, 2.24) is 4.90 Å². The van der Waals surface area contributed by atoms with Gasteiger partial charge in [-0.25, -0.2) is 9.18 Å². The molecular formula is C18H26FNO3S. The van der Waals surface area contributed by atoms with Crippen LogP contribution >= 0.6 is 11.8 Å². The lowest BCUT2D eigenvalue weighted by Gasteiger charge is -2.39. The van der Waals surface area contributed by atoms with E-state index in [9.17, 15) is 14.3 Å². The Morgan fingerprint density at radius 3 is 2.67 bits per heavy atom. The highest BCUT2D eigenvalue weighted by Gasteiger charge is 2.44. The van der Waals surface area contributed by atoms with Crippen molar-refractivity contribution in [3.8, 4) is 5.75 Å². The Balaban J connectivity index is 2.02. The third-order valence-electron chi connectivity index (χ3n) is 4.75. The van der Waals surface area contributed by atoms with E-state index in [1.165, 1.54) is 18.2 Å². The van der Waals surface area contributed by atoms with E-state index in [0.717, 1.165) is 13.0 Å². The van der Waals surface area contributed by atoms with Crippen molar-refractivity contribution >= 4 is 17.7 Å². The SMILES string of the molecule is CSC(C)CCN1CCC(Oc2ccc(F)cc2C)(C(=O)O)CC1. The number of halogens is 1. The molecule has 0 aliphatic carbocycles. The highest BCUT2D eigenvalue weighted by molar-refractivity contribution is 7.99. The van der Waals surface area contributed by atoms with Gasteiger partial charge in [0.15, 0.2) is 0 Å². The zero-order chi connectivity index (χ0) is 17.7. The normalized spacial score (nSPS) is 19.0. The van der Waals surface area contributed by atoms with Crippen LogP contribution in [0.3, 0.4) is 0 Å². The number of carboxylic acids is 1. The fourth-order valence-corrected chi connectivity index (χ4v) is 3.26. The Morgan fingerprint density at radius 2 is 2.12 bits per heavy atom. The molecule has 1 saturated heterocycles. The van der Waals surface area contributed by atoms with E-state index < -0.39 is 11.6 Å². The third-order valence-corrected chi connectivity index (χ3v) is 5.79. The van der Waals surface area contributed by atoms with E-state index in [2.05, 4.69) is 18.1 Å². The largest absolute Gasteiger partial charge is 0.478 e. The number of piperidine rings is 1. The lowest BCUT2D eigenvalue weighted by atomic mass is 9.90. The second-order valence-corrected chi connectivity index (χ2v) is 7.76. The molecule has 1 unspecified atom stereocenters. The van der Waals surface area contributed by atoms with Gasteiger partial charge in [0.2, 0.25) is 5.60 Å². The molecule has 6 heteroatoms. The number of hydrogen-bond acceptors (Lipinski definition) is 4. The van der Waals surface area contributed by atoms with Gasteiger partial charge < -0.3 is 14.7 Å². The molecule has 1 fully saturated rings. The van der Waals surface area contributed by atoms with Crippen LogP contribution in [0.4, 0.5) is 4.39 Å². The Labute approximate surface area is 147 Å². The molecule has 0 radical (unpaired) electrons. The maximum Gasteiger partial charge on any atom is 0.348 e. The van der Waals surface area contributed by atoms with Crippen LogP contribution in [0.25, 0.3) is 0 Å².